The van der Waals surface area contributed by atoms with Crippen LogP contribution >= 0.6 is 24.0 Å². The van der Waals surface area contributed by atoms with Crippen LogP contribution in [0.4, 0.5) is 0 Å². The molecule has 1 N–H and O–H groups in total. The van der Waals surface area contributed by atoms with Gasteiger partial charge in [0, 0.05) is 17.7 Å². The third-order valence-electron chi connectivity index (χ3n) is 6.12. The maximum absolute atomic E-state index is 13.1. The van der Waals surface area contributed by atoms with Crippen molar-refractivity contribution in [2.45, 2.75) is 57.9 Å². The number of amides is 1. The van der Waals surface area contributed by atoms with Crippen molar-refractivity contribution in [3.05, 3.63) is 52.6 Å². The van der Waals surface area contributed by atoms with Gasteiger partial charge >= 0.3 is 5.97 Å². The average Bonchev–Trinajstić information content (AvgIpc) is 3.32. The number of rotatable bonds is 4. The van der Waals surface area contributed by atoms with Gasteiger partial charge in [0.05, 0.1) is 10.8 Å². The summed E-state index contributed by atoms with van der Waals surface area (Å²) < 4.78 is 6.48. The second-order valence-electron chi connectivity index (χ2n) is 9.44. The molecule has 2 aromatic rings. The lowest BCUT2D eigenvalue weighted by Crippen LogP contribution is -2.42. The number of carbonyl (C=O) groups is 2. The van der Waals surface area contributed by atoms with Crippen LogP contribution < -0.4 is 0 Å². The maximum Gasteiger partial charge on any atom is 0.306 e. The number of aliphatic carboxylic acids is 1. The monoisotopic (exact) mass is 469 g/mol. The number of nitrogens with zero attached hydrogens (tertiary/aromatic N) is 1. The number of benzene rings is 1. The zero-order chi connectivity index (χ0) is 23.0. The fourth-order valence-corrected chi connectivity index (χ4v) is 5.65. The number of thioether (sulfide) groups is 1. The summed E-state index contributed by atoms with van der Waals surface area (Å²) in [6, 6.07) is 11.9. The van der Waals surface area contributed by atoms with Crippen LogP contribution in [-0.4, -0.2) is 32.2 Å². The van der Waals surface area contributed by atoms with Gasteiger partial charge in [-0.3, -0.25) is 14.5 Å². The van der Waals surface area contributed by atoms with Gasteiger partial charge < -0.3 is 9.52 Å². The second kappa shape index (κ2) is 8.87. The highest BCUT2D eigenvalue weighted by Gasteiger charge is 2.40. The van der Waals surface area contributed by atoms with E-state index in [4.69, 9.17) is 16.6 Å². The van der Waals surface area contributed by atoms with Gasteiger partial charge in [-0.2, -0.15) is 0 Å². The lowest BCUT2D eigenvalue weighted by atomic mass is 9.85. The van der Waals surface area contributed by atoms with Crippen molar-refractivity contribution in [1.29, 1.82) is 0 Å². The molecular weight excluding hydrogens is 442 g/mol. The molecular formula is C25H27NO4S2. The first-order valence-electron chi connectivity index (χ1n) is 10.8. The average molecular weight is 470 g/mol. The van der Waals surface area contributed by atoms with Crippen molar-refractivity contribution in [3.63, 3.8) is 0 Å². The van der Waals surface area contributed by atoms with E-state index in [1.54, 1.807) is 11.0 Å². The van der Waals surface area contributed by atoms with Crippen LogP contribution in [0.1, 0.15) is 57.8 Å². The minimum atomic E-state index is -0.797. The third-order valence-corrected chi connectivity index (χ3v) is 7.45. The molecule has 2 heterocycles. The predicted octanol–water partition coefficient (Wildman–Crippen LogP) is 6.09. The Bertz CT molecular complexity index is 1080. The van der Waals surface area contributed by atoms with Crippen molar-refractivity contribution in [3.8, 4) is 11.3 Å². The van der Waals surface area contributed by atoms with Crippen LogP contribution in [-0.2, 0) is 15.0 Å². The van der Waals surface area contributed by atoms with Gasteiger partial charge in [0.2, 0.25) is 0 Å². The molecule has 1 aliphatic carbocycles. The molecule has 2 atom stereocenters. The molecule has 4 rings (SSSR count). The van der Waals surface area contributed by atoms with Crippen molar-refractivity contribution in [2.24, 2.45) is 5.92 Å². The Balaban J connectivity index is 1.50. The zero-order valence-electron chi connectivity index (χ0n) is 18.5. The molecule has 7 heteroatoms. The molecule has 2 fully saturated rings. The van der Waals surface area contributed by atoms with Crippen LogP contribution in [0.15, 0.2) is 45.7 Å². The zero-order valence-corrected chi connectivity index (χ0v) is 20.1. The van der Waals surface area contributed by atoms with Crippen molar-refractivity contribution >= 4 is 46.3 Å². The summed E-state index contributed by atoms with van der Waals surface area (Å²) in [6.45, 7) is 6.54. The molecule has 1 saturated carbocycles. The van der Waals surface area contributed by atoms with Crippen LogP contribution in [0.25, 0.3) is 17.4 Å². The lowest BCUT2D eigenvalue weighted by Gasteiger charge is -2.32. The molecule has 5 nitrogen and oxygen atoms in total. The van der Waals surface area contributed by atoms with Gasteiger partial charge in [-0.25, -0.2) is 0 Å². The summed E-state index contributed by atoms with van der Waals surface area (Å²) in [5.41, 5.74) is 2.32. The molecule has 2 aliphatic rings. The number of hydrogen-bond acceptors (Lipinski definition) is 5. The van der Waals surface area contributed by atoms with E-state index in [2.05, 4.69) is 32.9 Å². The Morgan fingerprint density at radius 2 is 1.91 bits per heavy atom. The Kier molecular flexibility index (Phi) is 6.32. The molecule has 1 aromatic heterocycles. The quantitative estimate of drug-likeness (QED) is 0.432. The Morgan fingerprint density at radius 3 is 2.56 bits per heavy atom. The standard InChI is InChI=1S/C25H27NO4S2/c1-25(2,3)17-9-7-15(8-10-17)20-12-11-19(30-20)14-21-22(27)26(24(31)32-21)18-6-4-5-16(13-18)23(28)29/h7-12,14,16,18H,4-6,13H2,1-3H3,(H,28,29). The molecule has 0 radical (unpaired) electrons. The molecule has 0 bridgehead atoms. The van der Waals surface area contributed by atoms with Crippen LogP contribution in [0.2, 0.25) is 0 Å². The molecule has 1 amide bonds. The van der Waals surface area contributed by atoms with E-state index in [1.165, 1.54) is 17.3 Å². The van der Waals surface area contributed by atoms with Gasteiger partial charge in [0.1, 0.15) is 15.8 Å². The minimum absolute atomic E-state index is 0.0877. The fraction of sp³-hybridized carbons (Fsp3) is 0.400. The largest absolute Gasteiger partial charge is 0.481 e. The Morgan fingerprint density at radius 1 is 1.19 bits per heavy atom. The van der Waals surface area contributed by atoms with Crippen LogP contribution in [0.5, 0.6) is 0 Å². The maximum atomic E-state index is 13.1. The van der Waals surface area contributed by atoms with E-state index in [-0.39, 0.29) is 17.4 Å². The number of carboxylic acid groups (broad SMARTS) is 1. The highest BCUT2D eigenvalue weighted by Crippen LogP contribution is 2.39. The summed E-state index contributed by atoms with van der Waals surface area (Å²) >= 11 is 6.72. The van der Waals surface area contributed by atoms with E-state index in [0.29, 0.717) is 27.8 Å². The van der Waals surface area contributed by atoms with Gasteiger partial charge in [-0.05, 0) is 42.4 Å². The van der Waals surface area contributed by atoms with E-state index < -0.39 is 11.9 Å². The molecule has 168 valence electrons. The number of hydrogen-bond donors (Lipinski definition) is 1. The van der Waals surface area contributed by atoms with E-state index in [9.17, 15) is 14.7 Å². The summed E-state index contributed by atoms with van der Waals surface area (Å²) in [5, 5.41) is 9.36. The van der Waals surface area contributed by atoms with E-state index >= 15 is 0 Å². The van der Waals surface area contributed by atoms with Crippen LogP contribution in [0.3, 0.4) is 0 Å². The van der Waals surface area contributed by atoms with Gasteiger partial charge in [0.25, 0.3) is 5.91 Å². The minimum Gasteiger partial charge on any atom is -0.481 e. The molecule has 0 spiro atoms. The lowest BCUT2D eigenvalue weighted by molar-refractivity contribution is -0.144. The summed E-state index contributed by atoms with van der Waals surface area (Å²) in [5.74, 6) is -0.0474. The highest BCUT2D eigenvalue weighted by molar-refractivity contribution is 8.26. The Hall–Kier alpha value is -2.38. The number of carboxylic acids is 1. The fourth-order valence-electron chi connectivity index (χ4n) is 4.27. The number of furan rings is 1. The Labute approximate surface area is 197 Å². The van der Waals surface area contributed by atoms with Crippen molar-refractivity contribution in [1.82, 2.24) is 4.90 Å². The van der Waals surface area contributed by atoms with E-state index in [0.717, 1.165) is 24.2 Å². The van der Waals surface area contributed by atoms with Crippen molar-refractivity contribution in [2.75, 3.05) is 0 Å². The normalized spacial score (nSPS) is 23.2. The first-order chi connectivity index (χ1) is 15.1. The summed E-state index contributed by atoms with van der Waals surface area (Å²) in [4.78, 5) is 26.6. The molecule has 1 aliphatic heterocycles. The molecule has 2 unspecified atom stereocenters. The highest BCUT2D eigenvalue weighted by atomic mass is 32.2. The summed E-state index contributed by atoms with van der Waals surface area (Å²) in [7, 11) is 0. The van der Waals surface area contributed by atoms with Gasteiger partial charge in [-0.15, -0.1) is 0 Å². The van der Waals surface area contributed by atoms with Crippen LogP contribution in [0, 0.1) is 5.92 Å². The van der Waals surface area contributed by atoms with Crippen molar-refractivity contribution < 1.29 is 19.1 Å². The summed E-state index contributed by atoms with van der Waals surface area (Å²) in [6.07, 6.45) is 4.39. The molecule has 1 aromatic carbocycles. The number of carbonyl (C=O) groups excluding carboxylic acids is 1. The SMILES string of the molecule is CC(C)(C)c1ccc(-c2ccc(C=C3SC(=S)N(C4CCCC(C(=O)O)C4)C3=O)o2)cc1. The van der Waals surface area contributed by atoms with Gasteiger partial charge in [0.15, 0.2) is 0 Å². The molecule has 32 heavy (non-hydrogen) atoms. The molecule has 1 saturated heterocycles. The first-order valence-corrected chi connectivity index (χ1v) is 12.1. The van der Waals surface area contributed by atoms with E-state index in [1.807, 2.05) is 24.3 Å². The third kappa shape index (κ3) is 4.69. The number of thiocarbonyl (C=S) groups is 1. The second-order valence-corrected chi connectivity index (χ2v) is 11.1. The predicted molar refractivity (Wildman–Crippen MR) is 131 cm³/mol. The topological polar surface area (TPSA) is 70.8 Å². The smallest absolute Gasteiger partial charge is 0.306 e. The van der Waals surface area contributed by atoms with Gasteiger partial charge in [-0.1, -0.05) is 75.4 Å². The first kappa shape index (κ1) is 22.8.